The molecular weight excluding hydrogens is 286 g/mol. The van der Waals surface area contributed by atoms with E-state index in [1.54, 1.807) is 24.5 Å². The molecule has 1 unspecified atom stereocenters. The number of anilines is 1. The molecule has 0 spiro atoms. The van der Waals surface area contributed by atoms with E-state index in [0.29, 0.717) is 12.2 Å². The van der Waals surface area contributed by atoms with E-state index >= 15 is 0 Å². The largest absolute Gasteiger partial charge is 0.382 e. The average Bonchev–Trinajstić information content (AvgIpc) is 3.00. The number of hydrogen-bond donors (Lipinski definition) is 1. The minimum Gasteiger partial charge on any atom is -0.382 e. The van der Waals surface area contributed by atoms with Gasteiger partial charge in [0, 0.05) is 30.6 Å². The van der Waals surface area contributed by atoms with Gasteiger partial charge in [-0.25, -0.2) is 0 Å². The van der Waals surface area contributed by atoms with Crippen molar-refractivity contribution in [1.82, 2.24) is 4.90 Å². The summed E-state index contributed by atoms with van der Waals surface area (Å²) < 4.78 is 0. The van der Waals surface area contributed by atoms with Crippen LogP contribution in [0.5, 0.6) is 0 Å². The Hall–Kier alpha value is -1.92. The Kier molecular flexibility index (Phi) is 4.93. The highest BCUT2D eigenvalue weighted by molar-refractivity contribution is 7.10. The van der Waals surface area contributed by atoms with Gasteiger partial charge in [0.05, 0.1) is 4.92 Å². The van der Waals surface area contributed by atoms with Gasteiger partial charge in [0.25, 0.3) is 5.69 Å². The number of nitrogens with one attached hydrogen (secondary N) is 1. The molecule has 0 amide bonds. The van der Waals surface area contributed by atoms with Crippen LogP contribution >= 0.6 is 11.3 Å². The fraction of sp³-hybridized carbons (Fsp3) is 0.333. The summed E-state index contributed by atoms with van der Waals surface area (Å²) in [4.78, 5) is 14.2. The summed E-state index contributed by atoms with van der Waals surface area (Å²) in [5, 5.41) is 16.1. The van der Waals surface area contributed by atoms with Gasteiger partial charge in [0.1, 0.15) is 5.69 Å². The number of thiophene rings is 1. The maximum atomic E-state index is 11.1. The fourth-order valence-corrected chi connectivity index (χ4v) is 3.16. The smallest absolute Gasteiger partial charge is 0.292 e. The van der Waals surface area contributed by atoms with E-state index in [4.69, 9.17) is 0 Å². The van der Waals surface area contributed by atoms with Crippen LogP contribution < -0.4 is 5.32 Å². The van der Waals surface area contributed by atoms with Crippen LogP contribution in [0.3, 0.4) is 0 Å². The molecule has 0 fully saturated rings. The second-order valence-corrected chi connectivity index (χ2v) is 5.90. The van der Waals surface area contributed by atoms with Gasteiger partial charge in [-0.3, -0.25) is 15.0 Å². The van der Waals surface area contributed by atoms with Gasteiger partial charge < -0.3 is 5.32 Å². The highest BCUT2D eigenvalue weighted by Gasteiger charge is 2.19. The van der Waals surface area contributed by atoms with Crippen LogP contribution in [-0.4, -0.2) is 23.9 Å². The Balaban J connectivity index is 2.23. The molecule has 1 atom stereocenters. The molecule has 1 N–H and O–H groups in total. The topological polar surface area (TPSA) is 58.4 Å². The molecule has 2 aromatic rings. The number of para-hydroxylation sites is 1. The van der Waals surface area contributed by atoms with Crippen molar-refractivity contribution in [2.24, 2.45) is 0 Å². The summed E-state index contributed by atoms with van der Waals surface area (Å²) in [6.07, 6.45) is 0. The molecule has 1 aromatic carbocycles. The lowest BCUT2D eigenvalue weighted by molar-refractivity contribution is -0.384. The second kappa shape index (κ2) is 6.69. The minimum absolute atomic E-state index is 0.118. The van der Waals surface area contributed by atoms with Crippen molar-refractivity contribution >= 4 is 22.7 Å². The monoisotopic (exact) mass is 305 g/mol. The predicted octanol–water partition coefficient (Wildman–Crippen LogP) is 3.89. The van der Waals surface area contributed by atoms with Gasteiger partial charge in [-0.1, -0.05) is 18.2 Å². The van der Waals surface area contributed by atoms with Crippen molar-refractivity contribution in [2.75, 3.05) is 19.4 Å². The molecule has 0 radical (unpaired) electrons. The molecule has 0 aliphatic heterocycles. The van der Waals surface area contributed by atoms with Gasteiger partial charge >= 0.3 is 0 Å². The number of hydrogen-bond acceptors (Lipinski definition) is 5. The number of nitrogens with zero attached hydrogens (tertiary/aromatic N) is 2. The van der Waals surface area contributed by atoms with Crippen LogP contribution in [0.15, 0.2) is 35.7 Å². The summed E-state index contributed by atoms with van der Waals surface area (Å²) in [6.45, 7) is 2.79. The van der Waals surface area contributed by atoms with Gasteiger partial charge in [-0.15, -0.1) is 11.3 Å². The van der Waals surface area contributed by atoms with Crippen LogP contribution in [0.25, 0.3) is 0 Å². The SMILES string of the molecule is CNc1c(CN(C)C(C)c2cccs2)cccc1[N+](=O)[O-]. The maximum Gasteiger partial charge on any atom is 0.292 e. The molecule has 0 aliphatic carbocycles. The third-order valence-electron chi connectivity index (χ3n) is 3.61. The zero-order valence-corrected chi connectivity index (χ0v) is 13.2. The van der Waals surface area contributed by atoms with Crippen LogP contribution in [0.1, 0.15) is 23.4 Å². The van der Waals surface area contributed by atoms with Gasteiger partial charge in [-0.2, -0.15) is 0 Å². The Labute approximate surface area is 128 Å². The standard InChI is InChI=1S/C15H19N3O2S/c1-11(14-8-5-9-21-14)17(3)10-12-6-4-7-13(18(19)20)15(12)16-2/h4-9,11,16H,10H2,1-3H3. The van der Waals surface area contributed by atoms with E-state index in [0.717, 1.165) is 5.56 Å². The third kappa shape index (κ3) is 3.40. The molecule has 6 heteroatoms. The summed E-state index contributed by atoms with van der Waals surface area (Å²) in [7, 11) is 3.75. The first kappa shape index (κ1) is 15.5. The lowest BCUT2D eigenvalue weighted by Gasteiger charge is -2.24. The molecule has 2 rings (SSSR count). The Bertz CT molecular complexity index is 613. The highest BCUT2D eigenvalue weighted by Crippen LogP contribution is 2.31. The Morgan fingerprint density at radius 2 is 2.14 bits per heavy atom. The fourth-order valence-electron chi connectivity index (χ4n) is 2.31. The van der Waals surface area contributed by atoms with Crippen molar-refractivity contribution in [1.29, 1.82) is 0 Å². The van der Waals surface area contributed by atoms with Crippen LogP contribution in [0.4, 0.5) is 11.4 Å². The van der Waals surface area contributed by atoms with Gasteiger partial charge in [0.2, 0.25) is 0 Å². The first-order chi connectivity index (χ1) is 10.0. The third-order valence-corrected chi connectivity index (χ3v) is 4.65. The Morgan fingerprint density at radius 1 is 1.38 bits per heavy atom. The first-order valence-electron chi connectivity index (χ1n) is 6.72. The van der Waals surface area contributed by atoms with E-state index in [-0.39, 0.29) is 16.7 Å². The average molecular weight is 305 g/mol. The summed E-state index contributed by atoms with van der Waals surface area (Å²) in [5.74, 6) is 0. The minimum atomic E-state index is -0.349. The number of rotatable bonds is 6. The maximum absolute atomic E-state index is 11.1. The molecule has 0 bridgehead atoms. The van der Waals surface area contributed by atoms with Crippen molar-refractivity contribution in [3.8, 4) is 0 Å². The Morgan fingerprint density at radius 3 is 2.71 bits per heavy atom. The van der Waals surface area contributed by atoms with Crippen molar-refractivity contribution in [2.45, 2.75) is 19.5 Å². The zero-order valence-electron chi connectivity index (χ0n) is 12.4. The van der Waals surface area contributed by atoms with Crippen molar-refractivity contribution in [3.63, 3.8) is 0 Å². The molecule has 21 heavy (non-hydrogen) atoms. The number of benzene rings is 1. The lowest BCUT2D eigenvalue weighted by atomic mass is 10.1. The molecule has 0 aliphatic rings. The molecular formula is C15H19N3O2S. The van der Waals surface area contributed by atoms with Crippen LogP contribution in [-0.2, 0) is 6.54 Å². The highest BCUT2D eigenvalue weighted by atomic mass is 32.1. The van der Waals surface area contributed by atoms with E-state index in [1.807, 2.05) is 19.2 Å². The summed E-state index contributed by atoms with van der Waals surface area (Å²) >= 11 is 1.72. The first-order valence-corrected chi connectivity index (χ1v) is 7.60. The molecule has 0 saturated heterocycles. The number of nitro groups is 1. The summed E-state index contributed by atoms with van der Waals surface area (Å²) in [5.41, 5.74) is 1.64. The molecule has 112 valence electrons. The van der Waals surface area contributed by atoms with Gasteiger partial charge in [0.15, 0.2) is 0 Å². The van der Waals surface area contributed by atoms with E-state index in [9.17, 15) is 10.1 Å². The lowest BCUT2D eigenvalue weighted by Crippen LogP contribution is -2.22. The molecule has 1 heterocycles. The predicted molar refractivity (Wildman–Crippen MR) is 86.8 cm³/mol. The quantitative estimate of drug-likeness (QED) is 0.649. The summed E-state index contributed by atoms with van der Waals surface area (Å²) in [6, 6.07) is 9.61. The molecule has 1 aromatic heterocycles. The van der Waals surface area contributed by atoms with Crippen LogP contribution in [0, 0.1) is 10.1 Å². The van der Waals surface area contributed by atoms with Gasteiger partial charge in [-0.05, 0) is 31.0 Å². The van der Waals surface area contributed by atoms with E-state index in [1.165, 1.54) is 10.9 Å². The second-order valence-electron chi connectivity index (χ2n) is 4.92. The van der Waals surface area contributed by atoms with Crippen molar-refractivity contribution < 1.29 is 4.92 Å². The number of nitro benzene ring substituents is 1. The van der Waals surface area contributed by atoms with E-state index < -0.39 is 0 Å². The molecule has 0 saturated carbocycles. The normalized spacial score (nSPS) is 12.4. The molecule has 5 nitrogen and oxygen atoms in total. The van der Waals surface area contributed by atoms with E-state index in [2.05, 4.69) is 28.6 Å². The van der Waals surface area contributed by atoms with Crippen molar-refractivity contribution in [3.05, 3.63) is 56.3 Å². The zero-order chi connectivity index (χ0) is 15.4. The van der Waals surface area contributed by atoms with Crippen LogP contribution in [0.2, 0.25) is 0 Å².